The third-order valence-corrected chi connectivity index (χ3v) is 4.91. The highest BCUT2D eigenvalue weighted by molar-refractivity contribution is 5.97. The van der Waals surface area contributed by atoms with Gasteiger partial charge in [-0.05, 0) is 63.1 Å². The number of amides is 2. The first-order chi connectivity index (χ1) is 15.4. The van der Waals surface area contributed by atoms with E-state index < -0.39 is 17.6 Å². The van der Waals surface area contributed by atoms with Crippen LogP contribution < -0.4 is 16.0 Å². The summed E-state index contributed by atoms with van der Waals surface area (Å²) < 4.78 is 5.33. The van der Waals surface area contributed by atoms with Crippen LogP contribution in [0.25, 0.3) is 11.0 Å². The number of benzene rings is 2. The number of imidazole rings is 1. The Balaban J connectivity index is 1.68. The number of nitrogens with zero attached hydrogens (tertiary/aromatic N) is 2. The summed E-state index contributed by atoms with van der Waals surface area (Å²) in [5, 5.41) is 2.79. The number of anilines is 2. The Hall–Kier alpha value is -3.72. The third-order valence-electron chi connectivity index (χ3n) is 4.91. The SMILES string of the molecule is CC(=O)N(C)c1cccc(CC(N)C(=O)Nc2ccc3[nH]c(C(=O)OC(C)(C)C)nc3c2)c1. The van der Waals surface area contributed by atoms with Crippen LogP contribution in [0.2, 0.25) is 0 Å². The van der Waals surface area contributed by atoms with Crippen molar-refractivity contribution < 1.29 is 19.1 Å². The molecule has 0 fully saturated rings. The molecule has 1 aromatic heterocycles. The van der Waals surface area contributed by atoms with Crippen molar-refractivity contribution in [3.63, 3.8) is 0 Å². The number of hydrogen-bond donors (Lipinski definition) is 3. The number of hydrogen-bond acceptors (Lipinski definition) is 6. The lowest BCUT2D eigenvalue weighted by Gasteiger charge is -2.18. The van der Waals surface area contributed by atoms with E-state index in [9.17, 15) is 14.4 Å². The molecule has 9 nitrogen and oxygen atoms in total. The number of aromatic nitrogens is 2. The highest BCUT2D eigenvalue weighted by atomic mass is 16.6. The molecule has 2 amide bonds. The van der Waals surface area contributed by atoms with Crippen molar-refractivity contribution in [2.75, 3.05) is 17.3 Å². The van der Waals surface area contributed by atoms with Gasteiger partial charge in [0.2, 0.25) is 17.6 Å². The first-order valence-corrected chi connectivity index (χ1v) is 10.6. The molecule has 0 aliphatic carbocycles. The smallest absolute Gasteiger partial charge is 0.374 e. The maximum atomic E-state index is 12.6. The summed E-state index contributed by atoms with van der Waals surface area (Å²) in [7, 11) is 1.69. The van der Waals surface area contributed by atoms with Crippen molar-refractivity contribution in [3.05, 3.63) is 53.9 Å². The second-order valence-corrected chi connectivity index (χ2v) is 8.87. The van der Waals surface area contributed by atoms with Gasteiger partial charge >= 0.3 is 5.97 Å². The number of rotatable bonds is 6. The minimum atomic E-state index is -0.796. The Morgan fingerprint density at radius 3 is 2.58 bits per heavy atom. The minimum Gasteiger partial charge on any atom is -0.454 e. The highest BCUT2D eigenvalue weighted by Gasteiger charge is 2.21. The zero-order valence-corrected chi connectivity index (χ0v) is 19.4. The Morgan fingerprint density at radius 1 is 1.18 bits per heavy atom. The average Bonchev–Trinajstić information content (AvgIpc) is 3.15. The van der Waals surface area contributed by atoms with E-state index >= 15 is 0 Å². The molecule has 3 aromatic rings. The van der Waals surface area contributed by atoms with Gasteiger partial charge in [0.15, 0.2) is 0 Å². The lowest BCUT2D eigenvalue weighted by atomic mass is 10.0. The zero-order valence-electron chi connectivity index (χ0n) is 19.4. The van der Waals surface area contributed by atoms with Gasteiger partial charge in [-0.15, -0.1) is 0 Å². The molecule has 1 atom stereocenters. The van der Waals surface area contributed by atoms with Crippen LogP contribution in [-0.4, -0.2) is 46.4 Å². The fourth-order valence-electron chi connectivity index (χ4n) is 3.16. The average molecular weight is 452 g/mol. The summed E-state index contributed by atoms with van der Waals surface area (Å²) in [5.74, 6) is -0.903. The number of carbonyl (C=O) groups excluding carboxylic acids is 3. The summed E-state index contributed by atoms with van der Waals surface area (Å²) >= 11 is 0. The summed E-state index contributed by atoms with van der Waals surface area (Å²) in [4.78, 5) is 45.2. The molecule has 174 valence electrons. The quantitative estimate of drug-likeness (QED) is 0.494. The number of nitrogens with two attached hydrogens (primary N) is 1. The van der Waals surface area contributed by atoms with Crippen LogP contribution in [0.5, 0.6) is 0 Å². The fourth-order valence-corrected chi connectivity index (χ4v) is 3.16. The second-order valence-electron chi connectivity index (χ2n) is 8.87. The molecule has 0 saturated carbocycles. The fraction of sp³-hybridized carbons (Fsp3) is 0.333. The molecule has 0 spiro atoms. The summed E-state index contributed by atoms with van der Waals surface area (Å²) in [6.45, 7) is 6.82. The van der Waals surface area contributed by atoms with E-state index in [0.717, 1.165) is 11.3 Å². The first-order valence-electron chi connectivity index (χ1n) is 10.6. The number of aromatic amines is 1. The zero-order chi connectivity index (χ0) is 24.3. The van der Waals surface area contributed by atoms with Gasteiger partial charge in [-0.1, -0.05) is 12.1 Å². The van der Waals surface area contributed by atoms with Gasteiger partial charge in [0.05, 0.1) is 17.1 Å². The van der Waals surface area contributed by atoms with Crippen LogP contribution in [0.4, 0.5) is 11.4 Å². The molecule has 0 radical (unpaired) electrons. The number of nitrogens with one attached hydrogen (secondary N) is 2. The van der Waals surface area contributed by atoms with E-state index in [0.29, 0.717) is 23.1 Å². The van der Waals surface area contributed by atoms with E-state index in [1.807, 2.05) is 24.3 Å². The Kier molecular flexibility index (Phi) is 6.83. The van der Waals surface area contributed by atoms with Crippen molar-refractivity contribution in [2.24, 2.45) is 5.73 Å². The van der Waals surface area contributed by atoms with Gasteiger partial charge in [-0.25, -0.2) is 9.78 Å². The normalized spacial score (nSPS) is 12.3. The molecular weight excluding hydrogens is 422 g/mol. The largest absolute Gasteiger partial charge is 0.454 e. The van der Waals surface area contributed by atoms with Crippen molar-refractivity contribution in [3.8, 4) is 0 Å². The number of carbonyl (C=O) groups is 3. The van der Waals surface area contributed by atoms with Gasteiger partial charge < -0.3 is 25.7 Å². The van der Waals surface area contributed by atoms with E-state index in [-0.39, 0.29) is 17.6 Å². The summed E-state index contributed by atoms with van der Waals surface area (Å²) in [5.41, 5.74) is 8.73. The maximum Gasteiger partial charge on any atom is 0.374 e. The van der Waals surface area contributed by atoms with Gasteiger partial charge in [-0.3, -0.25) is 9.59 Å². The van der Waals surface area contributed by atoms with Crippen LogP contribution >= 0.6 is 0 Å². The molecule has 2 aromatic carbocycles. The van der Waals surface area contributed by atoms with Crippen LogP contribution in [0.3, 0.4) is 0 Å². The minimum absolute atomic E-state index is 0.0854. The van der Waals surface area contributed by atoms with Crippen molar-refractivity contribution in [1.29, 1.82) is 0 Å². The molecule has 33 heavy (non-hydrogen) atoms. The van der Waals surface area contributed by atoms with E-state index in [1.54, 1.807) is 46.0 Å². The number of H-pyrrole nitrogens is 1. The molecule has 1 unspecified atom stereocenters. The maximum absolute atomic E-state index is 12.6. The molecule has 1 heterocycles. The second kappa shape index (κ2) is 9.41. The Morgan fingerprint density at radius 2 is 1.91 bits per heavy atom. The Labute approximate surface area is 192 Å². The van der Waals surface area contributed by atoms with Gasteiger partial charge in [0, 0.05) is 25.3 Å². The summed E-state index contributed by atoms with van der Waals surface area (Å²) in [6, 6.07) is 11.6. The lowest BCUT2D eigenvalue weighted by molar-refractivity contribution is -0.117. The Bertz CT molecular complexity index is 1200. The predicted octanol–water partition coefficient (Wildman–Crippen LogP) is 3.01. The molecule has 4 N–H and O–H groups in total. The van der Waals surface area contributed by atoms with Gasteiger partial charge in [0.1, 0.15) is 5.60 Å². The molecular formula is C24H29N5O4. The monoisotopic (exact) mass is 451 g/mol. The molecule has 3 rings (SSSR count). The molecule has 9 heteroatoms. The third kappa shape index (κ3) is 6.17. The topological polar surface area (TPSA) is 130 Å². The van der Waals surface area contributed by atoms with Gasteiger partial charge in [-0.2, -0.15) is 0 Å². The van der Waals surface area contributed by atoms with E-state index in [1.165, 1.54) is 11.8 Å². The predicted molar refractivity (Wildman–Crippen MR) is 127 cm³/mol. The van der Waals surface area contributed by atoms with Crippen molar-refractivity contribution in [2.45, 2.75) is 45.8 Å². The number of ether oxygens (including phenoxy) is 1. The van der Waals surface area contributed by atoms with Crippen molar-refractivity contribution >= 4 is 40.2 Å². The number of fused-ring (bicyclic) bond motifs is 1. The number of esters is 1. The van der Waals surface area contributed by atoms with Crippen LogP contribution in [0.15, 0.2) is 42.5 Å². The first kappa shape index (κ1) is 23.9. The molecule has 0 saturated heterocycles. The molecule has 0 aliphatic heterocycles. The molecule has 0 aliphatic rings. The standard InChI is InChI=1S/C24H29N5O4/c1-14(30)29(5)17-8-6-7-15(11-17)12-18(25)22(31)26-16-9-10-19-20(13-16)28-21(27-19)23(32)33-24(2,3)4/h6-11,13,18H,12,25H2,1-5H3,(H,26,31)(H,27,28). The van der Waals surface area contributed by atoms with Gasteiger partial charge in [0.25, 0.3) is 0 Å². The van der Waals surface area contributed by atoms with Crippen LogP contribution in [-0.2, 0) is 20.7 Å². The lowest BCUT2D eigenvalue weighted by Crippen LogP contribution is -2.37. The van der Waals surface area contributed by atoms with E-state index in [4.69, 9.17) is 10.5 Å². The van der Waals surface area contributed by atoms with E-state index in [2.05, 4.69) is 15.3 Å². The highest BCUT2D eigenvalue weighted by Crippen LogP contribution is 2.20. The summed E-state index contributed by atoms with van der Waals surface area (Å²) in [6.07, 6.45) is 0.304. The van der Waals surface area contributed by atoms with Crippen molar-refractivity contribution in [1.82, 2.24) is 9.97 Å². The molecule has 0 bridgehead atoms. The van der Waals surface area contributed by atoms with Crippen LogP contribution in [0.1, 0.15) is 43.9 Å². The van der Waals surface area contributed by atoms with Crippen LogP contribution in [0, 0.1) is 0 Å².